The minimum Gasteiger partial charge on any atom is -0.347 e. The highest BCUT2D eigenvalue weighted by Crippen LogP contribution is 2.11. The van der Waals surface area contributed by atoms with E-state index in [1.807, 2.05) is 6.20 Å². The Hall–Kier alpha value is -0.830. The van der Waals surface area contributed by atoms with Crippen LogP contribution in [0.1, 0.15) is 45.2 Å². The summed E-state index contributed by atoms with van der Waals surface area (Å²) < 4.78 is 0. The summed E-state index contributed by atoms with van der Waals surface area (Å²) in [5.41, 5.74) is 1.17. The normalized spacial score (nSPS) is 12.9. The van der Waals surface area contributed by atoms with E-state index in [2.05, 4.69) is 29.1 Å². The van der Waals surface area contributed by atoms with Crippen LogP contribution in [0.3, 0.4) is 0 Å². The molecule has 1 rings (SSSR count). The third-order valence-corrected chi connectivity index (χ3v) is 2.85. The molecule has 1 atom stereocenters. The van der Waals surface area contributed by atoms with Gasteiger partial charge in [-0.3, -0.25) is 0 Å². The lowest BCUT2D eigenvalue weighted by atomic mass is 9.99. The molecule has 0 aliphatic heterocycles. The summed E-state index contributed by atoms with van der Waals surface area (Å²) in [6.45, 7) is 6.56. The fourth-order valence-corrected chi connectivity index (χ4v) is 1.74. The summed E-state index contributed by atoms with van der Waals surface area (Å²) in [4.78, 5) is 7.09. The van der Waals surface area contributed by atoms with Crippen molar-refractivity contribution in [2.45, 2.75) is 46.1 Å². The zero-order valence-corrected chi connectivity index (χ0v) is 9.92. The Kier molecular flexibility index (Phi) is 6.09. The zero-order chi connectivity index (χ0) is 10.9. The number of unbranched alkanes of at least 4 members (excludes halogenated alkanes) is 1. The molecular formula is C12H23N3. The second-order valence-electron chi connectivity index (χ2n) is 4.12. The topological polar surface area (TPSA) is 40.7 Å². The average Bonchev–Trinajstić information content (AvgIpc) is 2.76. The lowest BCUT2D eigenvalue weighted by Gasteiger charge is -2.14. The first-order chi connectivity index (χ1) is 7.36. The van der Waals surface area contributed by atoms with E-state index in [9.17, 15) is 0 Å². The molecule has 0 aliphatic carbocycles. The Bertz CT molecular complexity index is 231. The molecule has 1 aromatic heterocycles. The molecule has 0 radical (unpaired) electrons. The number of H-pyrrole nitrogens is 1. The molecule has 0 bridgehead atoms. The van der Waals surface area contributed by atoms with Crippen molar-refractivity contribution in [3.63, 3.8) is 0 Å². The zero-order valence-electron chi connectivity index (χ0n) is 9.92. The second kappa shape index (κ2) is 7.46. The van der Waals surface area contributed by atoms with E-state index in [0.717, 1.165) is 19.0 Å². The summed E-state index contributed by atoms with van der Waals surface area (Å²) in [6.07, 6.45) is 8.88. The third kappa shape index (κ3) is 4.98. The Morgan fingerprint density at radius 2 is 2.33 bits per heavy atom. The van der Waals surface area contributed by atoms with Gasteiger partial charge in [0.1, 0.15) is 0 Å². The van der Waals surface area contributed by atoms with Gasteiger partial charge in [0, 0.05) is 18.4 Å². The Morgan fingerprint density at radius 3 is 2.93 bits per heavy atom. The standard InChI is InChI=1S/C12H23N3/c1-3-5-6-11(4-2)7-13-8-12-9-14-10-15-12/h9-11,13H,3-8H2,1-2H3,(H,14,15). The van der Waals surface area contributed by atoms with E-state index in [-0.39, 0.29) is 0 Å². The number of imidazole rings is 1. The van der Waals surface area contributed by atoms with Crippen LogP contribution < -0.4 is 5.32 Å². The summed E-state index contributed by atoms with van der Waals surface area (Å²) in [5.74, 6) is 0.827. The molecule has 15 heavy (non-hydrogen) atoms. The van der Waals surface area contributed by atoms with Gasteiger partial charge in [0.25, 0.3) is 0 Å². The average molecular weight is 209 g/mol. The molecule has 86 valence electrons. The van der Waals surface area contributed by atoms with Gasteiger partial charge < -0.3 is 10.3 Å². The molecule has 0 aliphatic rings. The first-order valence-corrected chi connectivity index (χ1v) is 6.04. The highest BCUT2D eigenvalue weighted by atomic mass is 14.9. The Balaban J connectivity index is 2.11. The molecule has 0 saturated heterocycles. The van der Waals surface area contributed by atoms with Gasteiger partial charge in [-0.15, -0.1) is 0 Å². The van der Waals surface area contributed by atoms with Crippen LogP contribution in [0.25, 0.3) is 0 Å². The van der Waals surface area contributed by atoms with Gasteiger partial charge in [0.2, 0.25) is 0 Å². The molecule has 3 nitrogen and oxygen atoms in total. The van der Waals surface area contributed by atoms with Crippen LogP contribution in [0, 0.1) is 5.92 Å². The van der Waals surface area contributed by atoms with Crippen LogP contribution in [0.5, 0.6) is 0 Å². The molecule has 1 aromatic rings. The number of aromatic nitrogens is 2. The maximum atomic E-state index is 3.99. The number of hydrogen-bond acceptors (Lipinski definition) is 2. The predicted molar refractivity (Wildman–Crippen MR) is 63.6 cm³/mol. The van der Waals surface area contributed by atoms with Gasteiger partial charge in [0.15, 0.2) is 0 Å². The molecule has 2 N–H and O–H groups in total. The fourth-order valence-electron chi connectivity index (χ4n) is 1.74. The van der Waals surface area contributed by atoms with Gasteiger partial charge in [-0.25, -0.2) is 4.98 Å². The van der Waals surface area contributed by atoms with Gasteiger partial charge in [-0.05, 0) is 18.9 Å². The predicted octanol–water partition coefficient (Wildman–Crippen LogP) is 2.72. The van der Waals surface area contributed by atoms with Crippen LogP contribution in [-0.4, -0.2) is 16.5 Å². The van der Waals surface area contributed by atoms with Crippen molar-refractivity contribution in [2.75, 3.05) is 6.54 Å². The lowest BCUT2D eigenvalue weighted by Crippen LogP contribution is -2.22. The van der Waals surface area contributed by atoms with Crippen molar-refractivity contribution >= 4 is 0 Å². The number of aromatic amines is 1. The SMILES string of the molecule is CCCCC(CC)CNCc1cnc[nH]1. The third-order valence-electron chi connectivity index (χ3n) is 2.85. The van der Waals surface area contributed by atoms with Crippen LogP contribution in [0.2, 0.25) is 0 Å². The number of hydrogen-bond donors (Lipinski definition) is 2. The van der Waals surface area contributed by atoms with E-state index in [1.165, 1.54) is 31.4 Å². The molecule has 1 heterocycles. The number of rotatable bonds is 8. The highest BCUT2D eigenvalue weighted by molar-refractivity contribution is 4.93. The second-order valence-corrected chi connectivity index (χ2v) is 4.12. The van der Waals surface area contributed by atoms with Crippen molar-refractivity contribution in [1.29, 1.82) is 0 Å². The maximum absolute atomic E-state index is 3.99. The van der Waals surface area contributed by atoms with Crippen molar-refractivity contribution in [3.8, 4) is 0 Å². The van der Waals surface area contributed by atoms with Crippen molar-refractivity contribution in [1.82, 2.24) is 15.3 Å². The van der Waals surface area contributed by atoms with Gasteiger partial charge >= 0.3 is 0 Å². The van der Waals surface area contributed by atoms with Crippen molar-refractivity contribution in [2.24, 2.45) is 5.92 Å². The summed E-state index contributed by atoms with van der Waals surface area (Å²) >= 11 is 0. The van der Waals surface area contributed by atoms with E-state index >= 15 is 0 Å². The summed E-state index contributed by atoms with van der Waals surface area (Å²) in [5, 5.41) is 3.48. The first-order valence-electron chi connectivity index (χ1n) is 6.04. The van der Waals surface area contributed by atoms with E-state index in [0.29, 0.717) is 0 Å². The molecule has 0 spiro atoms. The van der Waals surface area contributed by atoms with E-state index in [1.54, 1.807) is 6.33 Å². The van der Waals surface area contributed by atoms with Gasteiger partial charge in [-0.1, -0.05) is 33.1 Å². The fraction of sp³-hybridized carbons (Fsp3) is 0.750. The molecule has 3 heteroatoms. The number of nitrogens with one attached hydrogen (secondary N) is 2. The summed E-state index contributed by atoms with van der Waals surface area (Å²) in [6, 6.07) is 0. The number of nitrogens with zero attached hydrogens (tertiary/aromatic N) is 1. The van der Waals surface area contributed by atoms with Gasteiger partial charge in [0.05, 0.1) is 6.33 Å². The first kappa shape index (κ1) is 12.2. The molecule has 0 fully saturated rings. The molecule has 1 unspecified atom stereocenters. The van der Waals surface area contributed by atoms with Crippen LogP contribution >= 0.6 is 0 Å². The quantitative estimate of drug-likeness (QED) is 0.691. The van der Waals surface area contributed by atoms with Crippen molar-refractivity contribution in [3.05, 3.63) is 18.2 Å². The van der Waals surface area contributed by atoms with Crippen LogP contribution in [-0.2, 0) is 6.54 Å². The van der Waals surface area contributed by atoms with Crippen LogP contribution in [0.4, 0.5) is 0 Å². The largest absolute Gasteiger partial charge is 0.347 e. The van der Waals surface area contributed by atoms with E-state index < -0.39 is 0 Å². The summed E-state index contributed by atoms with van der Waals surface area (Å²) in [7, 11) is 0. The van der Waals surface area contributed by atoms with Crippen molar-refractivity contribution < 1.29 is 0 Å². The minimum atomic E-state index is 0.827. The van der Waals surface area contributed by atoms with E-state index in [4.69, 9.17) is 0 Å². The Labute approximate surface area is 92.7 Å². The van der Waals surface area contributed by atoms with Crippen LogP contribution in [0.15, 0.2) is 12.5 Å². The maximum Gasteiger partial charge on any atom is 0.0922 e. The van der Waals surface area contributed by atoms with Gasteiger partial charge in [-0.2, -0.15) is 0 Å². The molecular weight excluding hydrogens is 186 g/mol. The Morgan fingerprint density at radius 1 is 1.47 bits per heavy atom. The highest BCUT2D eigenvalue weighted by Gasteiger charge is 2.04. The minimum absolute atomic E-state index is 0.827. The lowest BCUT2D eigenvalue weighted by molar-refractivity contribution is 0.418. The molecule has 0 aromatic carbocycles. The smallest absolute Gasteiger partial charge is 0.0922 e. The monoisotopic (exact) mass is 209 g/mol. The molecule has 0 saturated carbocycles. The molecule has 0 amide bonds.